The third-order valence-electron chi connectivity index (χ3n) is 5.73. The molecule has 158 valence electrons. The second-order valence-electron chi connectivity index (χ2n) is 7.75. The number of aryl methyl sites for hydroxylation is 1. The molecule has 4 rings (SSSR count). The fraction of sp³-hybridized carbons (Fsp3) is 0.240. The van der Waals surface area contributed by atoms with Crippen LogP contribution in [0.4, 0.5) is 8.78 Å². The van der Waals surface area contributed by atoms with Gasteiger partial charge in [0.2, 0.25) is 0 Å². The Labute approximate surface area is 179 Å². The summed E-state index contributed by atoms with van der Waals surface area (Å²) < 4.78 is 27.4. The number of hydrogen-bond acceptors (Lipinski definition) is 3. The zero-order valence-electron chi connectivity index (χ0n) is 17.1. The molecular formula is C25H22F2N2O2. The maximum absolute atomic E-state index is 13.9. The number of hydrogen-bond donors (Lipinski definition) is 0. The molecule has 1 aromatic heterocycles. The minimum atomic E-state index is -0.717. The van der Waals surface area contributed by atoms with E-state index < -0.39 is 23.3 Å². The normalized spacial score (nSPS) is 14.5. The topological polar surface area (TPSA) is 50.3 Å². The quantitative estimate of drug-likeness (QED) is 0.554. The summed E-state index contributed by atoms with van der Waals surface area (Å²) in [5.41, 5.74) is 2.73. The number of pyridine rings is 1. The Morgan fingerprint density at radius 1 is 0.935 bits per heavy atom. The molecule has 0 spiro atoms. The number of amides is 1. The van der Waals surface area contributed by atoms with Crippen LogP contribution >= 0.6 is 0 Å². The summed E-state index contributed by atoms with van der Waals surface area (Å²) in [6.45, 7) is 2.57. The number of aromatic nitrogens is 1. The molecule has 31 heavy (non-hydrogen) atoms. The SMILES string of the molecule is Cc1nc(-c2ccccc2)ccc1C(=O)N1CCC(C(=O)c2cc(F)ccc2F)CC1. The van der Waals surface area contributed by atoms with Gasteiger partial charge in [-0.1, -0.05) is 30.3 Å². The average Bonchev–Trinajstić information content (AvgIpc) is 2.80. The summed E-state index contributed by atoms with van der Waals surface area (Å²) in [4.78, 5) is 31.9. The molecule has 2 aromatic carbocycles. The standard InChI is InChI=1S/C25H22F2N2O2/c1-16-20(8-10-23(28-16)17-5-3-2-4-6-17)25(31)29-13-11-18(12-14-29)24(30)21-15-19(26)7-9-22(21)27/h2-10,15,18H,11-14H2,1H3. The van der Waals surface area contributed by atoms with Crippen LogP contribution in [0.3, 0.4) is 0 Å². The van der Waals surface area contributed by atoms with Gasteiger partial charge in [0.25, 0.3) is 5.91 Å². The number of carbonyl (C=O) groups is 2. The highest BCUT2D eigenvalue weighted by Gasteiger charge is 2.30. The van der Waals surface area contributed by atoms with Crippen molar-refractivity contribution in [2.24, 2.45) is 5.92 Å². The molecule has 1 fully saturated rings. The lowest BCUT2D eigenvalue weighted by molar-refractivity contribution is 0.0648. The molecule has 1 amide bonds. The maximum atomic E-state index is 13.9. The van der Waals surface area contributed by atoms with Crippen LogP contribution < -0.4 is 0 Å². The van der Waals surface area contributed by atoms with Crippen molar-refractivity contribution in [1.82, 2.24) is 9.88 Å². The molecule has 4 nitrogen and oxygen atoms in total. The number of benzene rings is 2. The Morgan fingerprint density at radius 3 is 2.32 bits per heavy atom. The molecule has 0 aliphatic carbocycles. The van der Waals surface area contributed by atoms with Gasteiger partial charge in [0.1, 0.15) is 11.6 Å². The average molecular weight is 420 g/mol. The first-order valence-electron chi connectivity index (χ1n) is 10.3. The molecule has 1 aliphatic rings. The fourth-order valence-electron chi connectivity index (χ4n) is 3.98. The second-order valence-corrected chi connectivity index (χ2v) is 7.75. The van der Waals surface area contributed by atoms with E-state index in [-0.39, 0.29) is 11.5 Å². The molecule has 0 radical (unpaired) electrons. The summed E-state index contributed by atoms with van der Waals surface area (Å²) in [5, 5.41) is 0. The van der Waals surface area contributed by atoms with E-state index in [1.165, 1.54) is 0 Å². The predicted octanol–water partition coefficient (Wildman–Crippen LogP) is 5.07. The van der Waals surface area contributed by atoms with Crippen LogP contribution in [-0.4, -0.2) is 34.7 Å². The van der Waals surface area contributed by atoms with E-state index in [2.05, 4.69) is 4.98 Å². The lowest BCUT2D eigenvalue weighted by atomic mass is 9.88. The van der Waals surface area contributed by atoms with Gasteiger partial charge in [0.15, 0.2) is 5.78 Å². The van der Waals surface area contributed by atoms with Gasteiger partial charge in [-0.2, -0.15) is 0 Å². The molecule has 0 bridgehead atoms. The Morgan fingerprint density at radius 2 is 1.65 bits per heavy atom. The van der Waals surface area contributed by atoms with Crippen molar-refractivity contribution in [1.29, 1.82) is 0 Å². The number of nitrogens with zero attached hydrogens (tertiary/aromatic N) is 2. The lowest BCUT2D eigenvalue weighted by Gasteiger charge is -2.31. The molecule has 3 aromatic rings. The van der Waals surface area contributed by atoms with Gasteiger partial charge in [0.05, 0.1) is 22.5 Å². The first-order chi connectivity index (χ1) is 14.9. The van der Waals surface area contributed by atoms with Gasteiger partial charge in [-0.3, -0.25) is 14.6 Å². The smallest absolute Gasteiger partial charge is 0.255 e. The monoisotopic (exact) mass is 420 g/mol. The van der Waals surface area contributed by atoms with Crippen LogP contribution in [0.15, 0.2) is 60.7 Å². The third-order valence-corrected chi connectivity index (χ3v) is 5.73. The van der Waals surface area contributed by atoms with Crippen molar-refractivity contribution in [3.8, 4) is 11.3 Å². The summed E-state index contributed by atoms with van der Waals surface area (Å²) in [7, 11) is 0. The number of ketones is 1. The van der Waals surface area contributed by atoms with Gasteiger partial charge >= 0.3 is 0 Å². The van der Waals surface area contributed by atoms with Crippen molar-refractivity contribution in [2.75, 3.05) is 13.1 Å². The second kappa shape index (κ2) is 8.76. The first kappa shape index (κ1) is 20.8. The Kier molecular flexibility index (Phi) is 5.89. The lowest BCUT2D eigenvalue weighted by Crippen LogP contribution is -2.40. The highest BCUT2D eigenvalue weighted by atomic mass is 19.1. The van der Waals surface area contributed by atoms with Crippen molar-refractivity contribution in [3.63, 3.8) is 0 Å². The van der Waals surface area contributed by atoms with Crippen LogP contribution in [0, 0.1) is 24.5 Å². The Bertz CT molecular complexity index is 1120. The number of carbonyl (C=O) groups excluding carboxylic acids is 2. The highest BCUT2D eigenvalue weighted by molar-refractivity contribution is 5.99. The molecule has 0 atom stereocenters. The number of likely N-dealkylation sites (tertiary alicyclic amines) is 1. The van der Waals surface area contributed by atoms with Crippen LogP contribution in [-0.2, 0) is 0 Å². The van der Waals surface area contributed by atoms with Crippen molar-refractivity contribution in [3.05, 3.63) is 89.1 Å². The van der Waals surface area contributed by atoms with E-state index in [4.69, 9.17) is 0 Å². The van der Waals surface area contributed by atoms with Crippen molar-refractivity contribution >= 4 is 11.7 Å². The summed E-state index contributed by atoms with van der Waals surface area (Å²) in [5.74, 6) is -2.33. The number of Topliss-reactive ketones (excluding diaryl/α,β-unsaturated/α-hetero) is 1. The molecule has 0 N–H and O–H groups in total. The zero-order chi connectivity index (χ0) is 22.0. The molecule has 1 aliphatic heterocycles. The van der Waals surface area contributed by atoms with E-state index in [9.17, 15) is 18.4 Å². The van der Waals surface area contributed by atoms with Gasteiger partial charge in [-0.15, -0.1) is 0 Å². The van der Waals surface area contributed by atoms with Crippen molar-refractivity contribution < 1.29 is 18.4 Å². The van der Waals surface area contributed by atoms with E-state index in [0.29, 0.717) is 37.2 Å². The van der Waals surface area contributed by atoms with Crippen LogP contribution in [0.2, 0.25) is 0 Å². The molecule has 0 saturated carbocycles. The van der Waals surface area contributed by atoms with E-state index in [0.717, 1.165) is 29.5 Å². The predicted molar refractivity (Wildman–Crippen MR) is 114 cm³/mol. The minimum Gasteiger partial charge on any atom is -0.339 e. The molecular weight excluding hydrogens is 398 g/mol. The minimum absolute atomic E-state index is 0.132. The number of halogens is 2. The Hall–Kier alpha value is -3.41. The van der Waals surface area contributed by atoms with E-state index in [1.54, 1.807) is 11.0 Å². The summed E-state index contributed by atoms with van der Waals surface area (Å²) in [6, 6.07) is 16.3. The van der Waals surface area contributed by atoms with Crippen LogP contribution in [0.1, 0.15) is 39.3 Å². The molecule has 2 heterocycles. The third kappa shape index (κ3) is 4.38. The van der Waals surface area contributed by atoms with Gasteiger partial charge in [0, 0.05) is 24.6 Å². The Balaban J connectivity index is 1.44. The number of rotatable bonds is 4. The van der Waals surface area contributed by atoms with Crippen LogP contribution in [0.5, 0.6) is 0 Å². The van der Waals surface area contributed by atoms with Crippen LogP contribution in [0.25, 0.3) is 11.3 Å². The fourth-order valence-corrected chi connectivity index (χ4v) is 3.98. The molecule has 6 heteroatoms. The summed E-state index contributed by atoms with van der Waals surface area (Å²) >= 11 is 0. The van der Waals surface area contributed by atoms with Crippen molar-refractivity contribution in [2.45, 2.75) is 19.8 Å². The summed E-state index contributed by atoms with van der Waals surface area (Å²) in [6.07, 6.45) is 0.824. The zero-order valence-corrected chi connectivity index (χ0v) is 17.1. The number of piperidine rings is 1. The van der Waals surface area contributed by atoms with Gasteiger partial charge < -0.3 is 4.90 Å². The molecule has 0 unspecified atom stereocenters. The van der Waals surface area contributed by atoms with E-state index in [1.807, 2.05) is 43.3 Å². The highest BCUT2D eigenvalue weighted by Crippen LogP contribution is 2.26. The molecule has 1 saturated heterocycles. The van der Waals surface area contributed by atoms with Gasteiger partial charge in [-0.25, -0.2) is 8.78 Å². The van der Waals surface area contributed by atoms with E-state index >= 15 is 0 Å². The maximum Gasteiger partial charge on any atom is 0.255 e. The largest absolute Gasteiger partial charge is 0.339 e. The van der Waals surface area contributed by atoms with Gasteiger partial charge in [-0.05, 0) is 50.1 Å². The first-order valence-corrected chi connectivity index (χ1v) is 10.3.